The summed E-state index contributed by atoms with van der Waals surface area (Å²) in [5.41, 5.74) is 0.685. The highest BCUT2D eigenvalue weighted by atomic mass is 79.9. The maximum Gasteiger partial charge on any atom is 0.160 e. The third kappa shape index (κ3) is 2.18. The first-order valence-electron chi connectivity index (χ1n) is 3.18. The van der Waals surface area contributed by atoms with Crippen molar-refractivity contribution < 1.29 is 4.79 Å². The molecule has 0 aliphatic carbocycles. The molecule has 4 heteroatoms. The summed E-state index contributed by atoms with van der Waals surface area (Å²) < 4.78 is 2.63. The van der Waals surface area contributed by atoms with Gasteiger partial charge in [0.1, 0.15) is 0 Å². The van der Waals surface area contributed by atoms with Crippen molar-refractivity contribution in [3.8, 4) is 0 Å². The fourth-order valence-electron chi connectivity index (χ4n) is 0.792. The average Bonchev–Trinajstić information content (AvgIpc) is 1.96. The lowest BCUT2D eigenvalue weighted by atomic mass is 10.2. The first-order chi connectivity index (χ1) is 5.52. The second kappa shape index (κ2) is 4.03. The molecule has 0 saturated carbocycles. The van der Waals surface area contributed by atoms with E-state index in [-0.39, 0.29) is 5.78 Å². The summed E-state index contributed by atoms with van der Waals surface area (Å²) in [6.07, 6.45) is 0. The summed E-state index contributed by atoms with van der Waals surface area (Å²) in [7, 11) is 0. The van der Waals surface area contributed by atoms with Gasteiger partial charge in [-0.3, -0.25) is 4.79 Å². The zero-order valence-corrected chi connectivity index (χ0v) is 11.0. The van der Waals surface area contributed by atoms with Crippen molar-refractivity contribution in [1.29, 1.82) is 0 Å². The standard InChI is InChI=1S/C8H5Br3O/c1-4(12)5-2-7(10)8(11)3-6(5)9/h2-3H,1H3. The Hall–Kier alpha value is 0.330. The van der Waals surface area contributed by atoms with E-state index in [0.717, 1.165) is 13.4 Å². The molecule has 0 fully saturated rings. The molecular weight excluding hydrogens is 352 g/mol. The maximum atomic E-state index is 11.1. The molecule has 0 aliphatic heterocycles. The molecule has 0 unspecified atom stereocenters. The normalized spacial score (nSPS) is 10.0. The van der Waals surface area contributed by atoms with Crippen molar-refractivity contribution >= 4 is 53.6 Å². The number of ketones is 1. The molecule has 0 bridgehead atoms. The summed E-state index contributed by atoms with van der Waals surface area (Å²) in [5.74, 6) is 0.0510. The van der Waals surface area contributed by atoms with Crippen LogP contribution in [0.3, 0.4) is 0 Å². The number of rotatable bonds is 1. The van der Waals surface area contributed by atoms with Crippen LogP contribution in [0.2, 0.25) is 0 Å². The summed E-state index contributed by atoms with van der Waals surface area (Å²) >= 11 is 9.98. The number of carbonyl (C=O) groups excluding carboxylic acids is 1. The van der Waals surface area contributed by atoms with E-state index in [1.807, 2.05) is 6.07 Å². The second-order valence-corrected chi connectivity index (χ2v) is 4.87. The topological polar surface area (TPSA) is 17.1 Å². The Morgan fingerprint density at radius 3 is 2.08 bits per heavy atom. The highest BCUT2D eigenvalue weighted by Gasteiger charge is 2.07. The van der Waals surface area contributed by atoms with Crippen molar-refractivity contribution in [2.75, 3.05) is 0 Å². The van der Waals surface area contributed by atoms with E-state index in [1.54, 1.807) is 13.0 Å². The van der Waals surface area contributed by atoms with E-state index >= 15 is 0 Å². The number of Topliss-reactive ketones (excluding diaryl/α,β-unsaturated/α-hetero) is 1. The molecule has 64 valence electrons. The predicted octanol–water partition coefficient (Wildman–Crippen LogP) is 4.18. The number of hydrogen-bond donors (Lipinski definition) is 0. The Kier molecular flexibility index (Phi) is 3.49. The Labute approximate surface area is 95.9 Å². The van der Waals surface area contributed by atoms with Crippen LogP contribution in [0.15, 0.2) is 25.6 Å². The van der Waals surface area contributed by atoms with Gasteiger partial charge >= 0.3 is 0 Å². The molecule has 0 heterocycles. The van der Waals surface area contributed by atoms with Crippen LogP contribution >= 0.6 is 47.8 Å². The van der Waals surface area contributed by atoms with E-state index in [4.69, 9.17) is 0 Å². The summed E-state index contributed by atoms with van der Waals surface area (Å²) in [5, 5.41) is 0. The molecule has 1 nitrogen and oxygen atoms in total. The van der Waals surface area contributed by atoms with E-state index in [9.17, 15) is 4.79 Å². The van der Waals surface area contributed by atoms with Crippen molar-refractivity contribution in [3.05, 3.63) is 31.1 Å². The zero-order chi connectivity index (χ0) is 9.30. The van der Waals surface area contributed by atoms with Gasteiger partial charge in [-0.1, -0.05) is 15.9 Å². The van der Waals surface area contributed by atoms with Crippen LogP contribution in [0.25, 0.3) is 0 Å². The predicted molar refractivity (Wildman–Crippen MR) is 59.5 cm³/mol. The molecule has 0 aliphatic rings. The molecule has 0 N–H and O–H groups in total. The average molecular weight is 357 g/mol. The molecule has 12 heavy (non-hydrogen) atoms. The Morgan fingerprint density at radius 1 is 1.08 bits per heavy atom. The number of carbonyl (C=O) groups is 1. The smallest absolute Gasteiger partial charge is 0.160 e. The largest absolute Gasteiger partial charge is 0.294 e. The van der Waals surface area contributed by atoms with Gasteiger partial charge < -0.3 is 0 Å². The van der Waals surface area contributed by atoms with E-state index in [1.165, 1.54) is 0 Å². The monoisotopic (exact) mass is 354 g/mol. The first-order valence-corrected chi connectivity index (χ1v) is 5.55. The lowest BCUT2D eigenvalue weighted by Gasteiger charge is -2.02. The van der Waals surface area contributed by atoms with Crippen LogP contribution < -0.4 is 0 Å². The molecule has 0 radical (unpaired) electrons. The van der Waals surface area contributed by atoms with Crippen LogP contribution in [0.4, 0.5) is 0 Å². The molecule has 1 rings (SSSR count). The van der Waals surface area contributed by atoms with Gasteiger partial charge in [0.05, 0.1) is 0 Å². The van der Waals surface area contributed by atoms with Gasteiger partial charge in [0.25, 0.3) is 0 Å². The van der Waals surface area contributed by atoms with E-state index < -0.39 is 0 Å². The van der Waals surface area contributed by atoms with Gasteiger partial charge in [-0.15, -0.1) is 0 Å². The Morgan fingerprint density at radius 2 is 1.58 bits per heavy atom. The fraction of sp³-hybridized carbons (Fsp3) is 0.125. The molecule has 0 atom stereocenters. The van der Waals surface area contributed by atoms with Crippen LogP contribution in [0.5, 0.6) is 0 Å². The van der Waals surface area contributed by atoms with E-state index in [0.29, 0.717) is 5.56 Å². The lowest BCUT2D eigenvalue weighted by Crippen LogP contribution is -1.93. The van der Waals surface area contributed by atoms with Gasteiger partial charge in [-0.25, -0.2) is 0 Å². The van der Waals surface area contributed by atoms with Gasteiger partial charge in [0.2, 0.25) is 0 Å². The van der Waals surface area contributed by atoms with E-state index in [2.05, 4.69) is 47.8 Å². The summed E-state index contributed by atoms with van der Waals surface area (Å²) in [4.78, 5) is 11.1. The van der Waals surface area contributed by atoms with Crippen LogP contribution in [-0.2, 0) is 0 Å². The molecular formula is C8H5Br3O. The summed E-state index contributed by atoms with van der Waals surface area (Å²) in [6, 6.07) is 3.64. The van der Waals surface area contributed by atoms with Crippen molar-refractivity contribution in [2.24, 2.45) is 0 Å². The number of halogens is 3. The molecule has 1 aromatic carbocycles. The van der Waals surface area contributed by atoms with Crippen molar-refractivity contribution in [2.45, 2.75) is 6.92 Å². The first kappa shape index (κ1) is 10.4. The molecule has 0 saturated heterocycles. The van der Waals surface area contributed by atoms with Gasteiger partial charge in [-0.05, 0) is 50.9 Å². The minimum Gasteiger partial charge on any atom is -0.294 e. The molecule has 1 aromatic rings. The SMILES string of the molecule is CC(=O)c1cc(Br)c(Br)cc1Br. The van der Waals surface area contributed by atoms with Gasteiger partial charge in [-0.2, -0.15) is 0 Å². The minimum absolute atomic E-state index is 0.0510. The third-order valence-corrected chi connectivity index (χ3v) is 3.89. The quantitative estimate of drug-likeness (QED) is 0.545. The van der Waals surface area contributed by atoms with Crippen molar-refractivity contribution in [3.63, 3.8) is 0 Å². The van der Waals surface area contributed by atoms with Crippen LogP contribution in [0.1, 0.15) is 17.3 Å². The third-order valence-electron chi connectivity index (χ3n) is 1.39. The van der Waals surface area contributed by atoms with Crippen LogP contribution in [-0.4, -0.2) is 5.78 Å². The second-order valence-electron chi connectivity index (χ2n) is 2.30. The highest BCUT2D eigenvalue weighted by Crippen LogP contribution is 2.29. The molecule has 0 aromatic heterocycles. The van der Waals surface area contributed by atoms with Gasteiger partial charge in [0, 0.05) is 19.0 Å². The molecule has 0 spiro atoms. The zero-order valence-electron chi connectivity index (χ0n) is 6.20. The Bertz CT molecular complexity index is 333. The van der Waals surface area contributed by atoms with Crippen LogP contribution in [0, 0.1) is 0 Å². The minimum atomic E-state index is 0.0510. The van der Waals surface area contributed by atoms with Gasteiger partial charge in [0.15, 0.2) is 5.78 Å². The fourth-order valence-corrected chi connectivity index (χ4v) is 2.41. The molecule has 0 amide bonds. The van der Waals surface area contributed by atoms with Crippen molar-refractivity contribution in [1.82, 2.24) is 0 Å². The number of hydrogen-bond acceptors (Lipinski definition) is 1. The highest BCUT2D eigenvalue weighted by molar-refractivity contribution is 9.13. The Balaban J connectivity index is 3.33. The lowest BCUT2D eigenvalue weighted by molar-refractivity contribution is 0.101. The number of benzene rings is 1. The maximum absolute atomic E-state index is 11.1. The summed E-state index contributed by atoms with van der Waals surface area (Å²) in [6.45, 7) is 1.54.